The number of aliphatic carboxylic acids is 3. The van der Waals surface area contributed by atoms with Gasteiger partial charge in [-0.15, -0.1) is 0 Å². The highest BCUT2D eigenvalue weighted by Crippen LogP contribution is 2.34. The molecule has 12 nitrogen and oxygen atoms in total. The highest BCUT2D eigenvalue weighted by molar-refractivity contribution is 5.92. The van der Waals surface area contributed by atoms with Crippen molar-refractivity contribution in [2.75, 3.05) is 6.61 Å². The topological polar surface area (TPSA) is 233 Å². The van der Waals surface area contributed by atoms with Gasteiger partial charge in [0.05, 0.1) is 6.61 Å². The summed E-state index contributed by atoms with van der Waals surface area (Å²) in [4.78, 5) is 33.4. The predicted octanol–water partition coefficient (Wildman–Crippen LogP) is -4.59. The molecule has 0 aliphatic heterocycles. The lowest BCUT2D eigenvalue weighted by atomic mass is 9.71. The minimum atomic E-state index is -3.91. The molecule has 6 unspecified atom stereocenters. The highest BCUT2D eigenvalue weighted by Gasteiger charge is 2.64. The molecule has 0 fully saturated rings. The van der Waals surface area contributed by atoms with Gasteiger partial charge in [-0.1, -0.05) is 0 Å². The van der Waals surface area contributed by atoms with E-state index in [4.69, 9.17) is 20.4 Å². The van der Waals surface area contributed by atoms with Crippen molar-refractivity contribution in [3.05, 3.63) is 0 Å². The molecule has 0 spiro atoms. The Morgan fingerprint density at radius 3 is 1.65 bits per heavy atom. The third kappa shape index (κ3) is 3.74. The van der Waals surface area contributed by atoms with Crippen LogP contribution in [0.25, 0.3) is 0 Å². The van der Waals surface area contributed by atoms with Crippen LogP contribution in [0.2, 0.25) is 0 Å². The second-order valence-electron chi connectivity index (χ2n) is 5.04. The van der Waals surface area contributed by atoms with Crippen molar-refractivity contribution in [2.45, 2.75) is 36.4 Å². The third-order valence-corrected chi connectivity index (χ3v) is 3.38. The number of carbonyl (C=O) groups is 3. The number of aliphatic hydroxyl groups excluding tert-OH is 4. The summed E-state index contributed by atoms with van der Waals surface area (Å²) in [5.41, 5.74) is -7.28. The second kappa shape index (κ2) is 7.16. The van der Waals surface area contributed by atoms with E-state index in [9.17, 15) is 39.9 Å². The smallest absolute Gasteiger partial charge is 0.339 e. The van der Waals surface area contributed by atoms with Gasteiger partial charge in [0.1, 0.15) is 24.2 Å². The largest absolute Gasteiger partial charge is 0.481 e. The quantitative estimate of drug-likeness (QED) is 0.192. The summed E-state index contributed by atoms with van der Waals surface area (Å²) < 4.78 is 0. The van der Waals surface area contributed by atoms with Crippen molar-refractivity contribution < 1.29 is 60.3 Å². The van der Waals surface area contributed by atoms with Crippen molar-refractivity contribution in [2.24, 2.45) is 5.92 Å². The van der Waals surface area contributed by atoms with Crippen LogP contribution in [0.4, 0.5) is 0 Å². The van der Waals surface area contributed by atoms with E-state index in [-0.39, 0.29) is 0 Å². The zero-order valence-electron chi connectivity index (χ0n) is 11.8. The molecular formula is C11H18O12. The molecular weight excluding hydrogens is 324 g/mol. The Morgan fingerprint density at radius 1 is 0.957 bits per heavy atom. The maximum atomic E-state index is 11.3. The first-order chi connectivity index (χ1) is 10.3. The van der Waals surface area contributed by atoms with E-state index in [1.165, 1.54) is 0 Å². The van der Waals surface area contributed by atoms with Crippen LogP contribution in [0.5, 0.6) is 0 Å². The van der Waals surface area contributed by atoms with Crippen LogP contribution >= 0.6 is 0 Å². The van der Waals surface area contributed by atoms with E-state index in [0.29, 0.717) is 6.92 Å². The van der Waals surface area contributed by atoms with Crippen LogP contribution in [0.1, 0.15) is 6.92 Å². The van der Waals surface area contributed by atoms with Crippen LogP contribution in [0.15, 0.2) is 0 Å². The van der Waals surface area contributed by atoms with Crippen LogP contribution in [-0.4, -0.2) is 100.0 Å². The number of hydrogen-bond donors (Lipinski definition) is 9. The van der Waals surface area contributed by atoms with Gasteiger partial charge in [-0.05, 0) is 6.92 Å². The van der Waals surface area contributed by atoms with Gasteiger partial charge in [0.15, 0.2) is 5.60 Å². The van der Waals surface area contributed by atoms with Crippen LogP contribution in [0.3, 0.4) is 0 Å². The zero-order valence-corrected chi connectivity index (χ0v) is 11.8. The van der Waals surface area contributed by atoms with E-state index in [1.807, 2.05) is 0 Å². The SMILES string of the molecule is CC(O)(C(=O)O)C(C(=O)O)C(O)(C(=O)O)C(O)C(O)C(O)CO. The molecule has 0 heterocycles. The fraction of sp³-hybridized carbons (Fsp3) is 0.727. The molecule has 0 saturated carbocycles. The standard InChI is InChI=1S/C11H18O12/c1-10(22,8(18)19)5(7(16)17)11(23,9(20)21)6(15)4(14)3(13)2-12/h3-6,12-15,22-23H,2H2,1H3,(H,16,17)(H,18,19)(H,20,21). The number of carboxylic acid groups (broad SMARTS) is 3. The first-order valence-electron chi connectivity index (χ1n) is 6.05. The summed E-state index contributed by atoms with van der Waals surface area (Å²) in [5, 5.41) is 83.8. The van der Waals surface area contributed by atoms with Crippen LogP contribution in [-0.2, 0) is 14.4 Å². The summed E-state index contributed by atoms with van der Waals surface area (Å²) in [6, 6.07) is 0. The second-order valence-corrected chi connectivity index (χ2v) is 5.04. The Bertz CT molecular complexity index is 474. The van der Waals surface area contributed by atoms with Gasteiger partial charge in [-0.25, -0.2) is 9.59 Å². The fourth-order valence-electron chi connectivity index (χ4n) is 1.98. The van der Waals surface area contributed by atoms with Crippen molar-refractivity contribution in [3.63, 3.8) is 0 Å². The van der Waals surface area contributed by atoms with Crippen molar-refractivity contribution in [3.8, 4) is 0 Å². The maximum absolute atomic E-state index is 11.3. The van der Waals surface area contributed by atoms with E-state index in [0.717, 1.165) is 0 Å². The van der Waals surface area contributed by atoms with Gasteiger partial charge in [0.25, 0.3) is 0 Å². The maximum Gasteiger partial charge on any atom is 0.339 e. The van der Waals surface area contributed by atoms with E-state index >= 15 is 0 Å². The number of rotatable bonds is 9. The average Bonchev–Trinajstić information content (AvgIpc) is 2.43. The predicted molar refractivity (Wildman–Crippen MR) is 67.1 cm³/mol. The van der Waals surface area contributed by atoms with Gasteiger partial charge in [0.2, 0.25) is 5.60 Å². The molecule has 0 aromatic heterocycles. The fourth-order valence-corrected chi connectivity index (χ4v) is 1.98. The monoisotopic (exact) mass is 342 g/mol. The number of carboxylic acids is 3. The molecule has 0 bridgehead atoms. The van der Waals surface area contributed by atoms with Crippen molar-refractivity contribution >= 4 is 17.9 Å². The van der Waals surface area contributed by atoms with E-state index < -0.39 is 59.9 Å². The lowest BCUT2D eigenvalue weighted by molar-refractivity contribution is -0.229. The molecule has 9 N–H and O–H groups in total. The third-order valence-electron chi connectivity index (χ3n) is 3.38. The Kier molecular flexibility index (Phi) is 6.59. The molecule has 0 aliphatic carbocycles. The van der Waals surface area contributed by atoms with Gasteiger partial charge in [0, 0.05) is 0 Å². The summed E-state index contributed by atoms with van der Waals surface area (Å²) in [6.45, 7) is -0.829. The Labute approximate surface area is 128 Å². The van der Waals surface area contributed by atoms with Crippen LogP contribution in [0, 0.1) is 5.92 Å². The summed E-state index contributed by atoms with van der Waals surface area (Å²) in [6.07, 6.45) is -7.71. The number of aliphatic hydroxyl groups is 6. The summed E-state index contributed by atoms with van der Waals surface area (Å²) in [5.74, 6) is -10.1. The van der Waals surface area contributed by atoms with Crippen molar-refractivity contribution in [1.82, 2.24) is 0 Å². The molecule has 6 atom stereocenters. The average molecular weight is 342 g/mol. The summed E-state index contributed by atoms with van der Waals surface area (Å²) in [7, 11) is 0. The molecule has 0 aliphatic rings. The molecule has 12 heteroatoms. The van der Waals surface area contributed by atoms with Crippen LogP contribution < -0.4 is 0 Å². The molecule has 23 heavy (non-hydrogen) atoms. The molecule has 0 rings (SSSR count). The van der Waals surface area contributed by atoms with E-state index in [2.05, 4.69) is 0 Å². The molecule has 0 radical (unpaired) electrons. The first kappa shape index (κ1) is 21.2. The van der Waals surface area contributed by atoms with Gasteiger partial charge in [-0.2, -0.15) is 0 Å². The molecule has 0 amide bonds. The summed E-state index contributed by atoms with van der Waals surface area (Å²) >= 11 is 0. The molecule has 134 valence electrons. The molecule has 0 aromatic rings. The van der Waals surface area contributed by atoms with E-state index in [1.54, 1.807) is 0 Å². The first-order valence-corrected chi connectivity index (χ1v) is 6.05. The van der Waals surface area contributed by atoms with Gasteiger partial charge in [-0.3, -0.25) is 4.79 Å². The van der Waals surface area contributed by atoms with Crippen molar-refractivity contribution in [1.29, 1.82) is 0 Å². The number of hydrogen-bond acceptors (Lipinski definition) is 9. The normalized spacial score (nSPS) is 22.0. The Balaban J connectivity index is 6.23. The minimum absolute atomic E-state index is 0.365. The van der Waals surface area contributed by atoms with Gasteiger partial charge >= 0.3 is 17.9 Å². The molecule has 0 saturated heterocycles. The highest BCUT2D eigenvalue weighted by atomic mass is 16.4. The van der Waals surface area contributed by atoms with Gasteiger partial charge < -0.3 is 46.0 Å². The molecule has 0 aromatic carbocycles. The Hall–Kier alpha value is -1.83. The zero-order chi connectivity index (χ0) is 18.7. The lowest BCUT2D eigenvalue weighted by Gasteiger charge is -2.40. The lowest BCUT2D eigenvalue weighted by Crippen LogP contribution is -2.69. The Morgan fingerprint density at radius 2 is 1.39 bits per heavy atom. The minimum Gasteiger partial charge on any atom is -0.481 e.